The Hall–Kier alpha value is -3.35. The number of aryl methyl sites for hydroxylation is 1. The van der Waals surface area contributed by atoms with Gasteiger partial charge < -0.3 is 10.6 Å². The van der Waals surface area contributed by atoms with Gasteiger partial charge in [0.25, 0.3) is 5.91 Å². The summed E-state index contributed by atoms with van der Waals surface area (Å²) >= 11 is 0. The first-order valence-electron chi connectivity index (χ1n) is 9.81. The normalized spacial score (nSPS) is 17.7. The van der Waals surface area contributed by atoms with Crippen LogP contribution in [0.3, 0.4) is 0 Å². The van der Waals surface area contributed by atoms with Crippen LogP contribution >= 0.6 is 0 Å². The van der Waals surface area contributed by atoms with Gasteiger partial charge in [-0.1, -0.05) is 42.5 Å². The van der Waals surface area contributed by atoms with E-state index in [-0.39, 0.29) is 24.1 Å². The van der Waals surface area contributed by atoms with Gasteiger partial charge in [0.1, 0.15) is 5.82 Å². The number of carbonyl (C=O) groups is 1. The van der Waals surface area contributed by atoms with E-state index in [2.05, 4.69) is 10.6 Å². The van der Waals surface area contributed by atoms with Crippen LogP contribution in [0.25, 0.3) is 0 Å². The Morgan fingerprint density at radius 3 is 2.39 bits per heavy atom. The summed E-state index contributed by atoms with van der Waals surface area (Å²) < 4.78 is 52.6. The Morgan fingerprint density at radius 1 is 1.00 bits per heavy atom. The summed E-state index contributed by atoms with van der Waals surface area (Å²) in [6.45, 7) is 2.18. The Bertz CT molecular complexity index is 1130. The molecule has 7 heteroatoms. The van der Waals surface area contributed by atoms with Crippen molar-refractivity contribution in [3.8, 4) is 0 Å². The first-order chi connectivity index (χ1) is 14.7. The highest BCUT2D eigenvalue weighted by atomic mass is 19.4. The summed E-state index contributed by atoms with van der Waals surface area (Å²) in [7, 11) is 0. The van der Waals surface area contributed by atoms with Crippen molar-refractivity contribution < 1.29 is 22.4 Å². The molecule has 3 aromatic carbocycles. The average Bonchev–Trinajstić information content (AvgIpc) is 3.09. The van der Waals surface area contributed by atoms with Crippen molar-refractivity contribution in [1.29, 1.82) is 0 Å². The molecule has 0 bridgehead atoms. The molecule has 2 N–H and O–H groups in total. The number of hydrogen-bond donors (Lipinski definition) is 2. The monoisotopic (exact) mass is 428 g/mol. The highest BCUT2D eigenvalue weighted by molar-refractivity contribution is 5.94. The van der Waals surface area contributed by atoms with E-state index in [1.807, 2.05) is 55.5 Å². The van der Waals surface area contributed by atoms with E-state index >= 15 is 0 Å². The number of para-hydroxylation sites is 1. The minimum absolute atomic E-state index is 0.114. The summed E-state index contributed by atoms with van der Waals surface area (Å²) in [6, 6.07) is 17.4. The van der Waals surface area contributed by atoms with Crippen LogP contribution in [0, 0.1) is 12.7 Å². The SMILES string of the molecule is Cc1ccccc1C1Nc2ccccc2C1CNC(=O)c1cc(F)cc(C(F)(F)F)c1. The van der Waals surface area contributed by atoms with Gasteiger partial charge in [0, 0.05) is 23.7 Å². The standard InChI is InChI=1S/C24H20F4N2O/c1-14-6-2-3-7-18(14)22-20(19-8-4-5-9-21(19)30-22)13-29-23(31)15-10-16(24(26,27)28)12-17(25)11-15/h2-12,20,22,30H,13H2,1H3,(H,29,31). The summed E-state index contributed by atoms with van der Waals surface area (Å²) in [6.07, 6.45) is -4.73. The topological polar surface area (TPSA) is 41.1 Å². The van der Waals surface area contributed by atoms with Crippen LogP contribution in [0.1, 0.15) is 44.6 Å². The van der Waals surface area contributed by atoms with Crippen molar-refractivity contribution in [3.63, 3.8) is 0 Å². The number of nitrogens with one attached hydrogen (secondary N) is 2. The number of hydrogen-bond acceptors (Lipinski definition) is 2. The smallest absolute Gasteiger partial charge is 0.377 e. The molecule has 1 heterocycles. The van der Waals surface area contributed by atoms with Crippen LogP contribution in [0.4, 0.5) is 23.2 Å². The number of fused-ring (bicyclic) bond motifs is 1. The van der Waals surface area contributed by atoms with Gasteiger partial charge in [-0.2, -0.15) is 13.2 Å². The molecule has 3 aromatic rings. The third-order valence-electron chi connectivity index (χ3n) is 5.57. The molecule has 1 aliphatic heterocycles. The van der Waals surface area contributed by atoms with Crippen LogP contribution in [0.15, 0.2) is 66.7 Å². The maximum absolute atomic E-state index is 13.7. The van der Waals surface area contributed by atoms with Crippen molar-refractivity contribution in [2.24, 2.45) is 0 Å². The Kier molecular flexibility index (Phi) is 5.43. The van der Waals surface area contributed by atoms with Gasteiger partial charge in [-0.05, 0) is 47.9 Å². The lowest BCUT2D eigenvalue weighted by molar-refractivity contribution is -0.137. The second kappa shape index (κ2) is 8.06. The molecule has 3 nitrogen and oxygen atoms in total. The second-order valence-electron chi connectivity index (χ2n) is 7.61. The highest BCUT2D eigenvalue weighted by Gasteiger charge is 2.35. The van der Waals surface area contributed by atoms with Gasteiger partial charge in [-0.15, -0.1) is 0 Å². The molecule has 31 heavy (non-hydrogen) atoms. The van der Waals surface area contributed by atoms with Crippen LogP contribution in [-0.4, -0.2) is 12.5 Å². The summed E-state index contributed by atoms with van der Waals surface area (Å²) in [5.74, 6) is -2.00. The molecule has 2 unspecified atom stereocenters. The van der Waals surface area contributed by atoms with Gasteiger partial charge in [-0.3, -0.25) is 4.79 Å². The number of rotatable bonds is 4. The second-order valence-corrected chi connectivity index (χ2v) is 7.61. The van der Waals surface area contributed by atoms with E-state index < -0.39 is 23.5 Å². The van der Waals surface area contributed by atoms with Gasteiger partial charge >= 0.3 is 6.18 Å². The fourth-order valence-electron chi connectivity index (χ4n) is 4.05. The molecule has 0 fully saturated rings. The van der Waals surface area contributed by atoms with E-state index in [0.29, 0.717) is 12.1 Å². The predicted octanol–water partition coefficient (Wildman–Crippen LogP) is 5.83. The maximum Gasteiger partial charge on any atom is 0.416 e. The van der Waals surface area contributed by atoms with Crippen LogP contribution < -0.4 is 10.6 Å². The molecule has 0 spiro atoms. The zero-order chi connectivity index (χ0) is 22.2. The fraction of sp³-hybridized carbons (Fsp3) is 0.208. The van der Waals surface area contributed by atoms with Gasteiger partial charge in [-0.25, -0.2) is 4.39 Å². The third kappa shape index (κ3) is 4.26. The van der Waals surface area contributed by atoms with Crippen molar-refractivity contribution in [2.45, 2.75) is 25.1 Å². The Balaban J connectivity index is 1.59. The molecular weight excluding hydrogens is 408 g/mol. The molecule has 1 aliphatic rings. The Labute approximate surface area is 177 Å². The molecule has 1 amide bonds. The molecule has 0 aliphatic carbocycles. The quantitative estimate of drug-likeness (QED) is 0.513. The third-order valence-corrected chi connectivity index (χ3v) is 5.57. The van der Waals surface area contributed by atoms with E-state index in [4.69, 9.17) is 0 Å². The number of carbonyl (C=O) groups excluding carboxylic acids is 1. The lowest BCUT2D eigenvalue weighted by Crippen LogP contribution is -2.31. The summed E-state index contributed by atoms with van der Waals surface area (Å²) in [4.78, 5) is 12.6. The van der Waals surface area contributed by atoms with Crippen molar-refractivity contribution >= 4 is 11.6 Å². The molecule has 0 saturated carbocycles. The van der Waals surface area contributed by atoms with Crippen LogP contribution in [0.5, 0.6) is 0 Å². The number of alkyl halides is 3. The average molecular weight is 428 g/mol. The van der Waals surface area contributed by atoms with E-state index in [1.165, 1.54) is 0 Å². The fourth-order valence-corrected chi connectivity index (χ4v) is 4.05. The van der Waals surface area contributed by atoms with Crippen LogP contribution in [0.2, 0.25) is 0 Å². The molecule has 2 atom stereocenters. The molecule has 0 radical (unpaired) electrons. The summed E-state index contributed by atoms with van der Waals surface area (Å²) in [5.41, 5.74) is 2.56. The molecule has 160 valence electrons. The maximum atomic E-state index is 13.7. The van der Waals surface area contributed by atoms with E-state index in [0.717, 1.165) is 28.4 Å². The zero-order valence-electron chi connectivity index (χ0n) is 16.6. The lowest BCUT2D eigenvalue weighted by atomic mass is 9.88. The van der Waals surface area contributed by atoms with Gasteiger partial charge in [0.15, 0.2) is 0 Å². The van der Waals surface area contributed by atoms with Gasteiger partial charge in [0.2, 0.25) is 0 Å². The van der Waals surface area contributed by atoms with Crippen molar-refractivity contribution in [3.05, 3.63) is 100 Å². The van der Waals surface area contributed by atoms with Crippen LogP contribution in [-0.2, 0) is 6.18 Å². The molecular formula is C24H20F4N2O. The Morgan fingerprint density at radius 2 is 1.68 bits per heavy atom. The number of benzene rings is 3. The summed E-state index contributed by atoms with van der Waals surface area (Å²) in [5, 5.41) is 6.18. The van der Waals surface area contributed by atoms with Crippen molar-refractivity contribution in [2.75, 3.05) is 11.9 Å². The largest absolute Gasteiger partial charge is 0.416 e. The molecule has 4 rings (SSSR count). The lowest BCUT2D eigenvalue weighted by Gasteiger charge is -2.23. The highest BCUT2D eigenvalue weighted by Crippen LogP contribution is 2.44. The number of anilines is 1. The van der Waals surface area contributed by atoms with Crippen molar-refractivity contribution in [1.82, 2.24) is 5.32 Å². The van der Waals surface area contributed by atoms with Gasteiger partial charge in [0.05, 0.1) is 11.6 Å². The molecule has 0 saturated heterocycles. The minimum Gasteiger partial charge on any atom is -0.377 e. The zero-order valence-corrected chi connectivity index (χ0v) is 16.6. The minimum atomic E-state index is -4.73. The number of halogens is 4. The first kappa shape index (κ1) is 20.9. The van der Waals surface area contributed by atoms with E-state index in [1.54, 1.807) is 0 Å². The van der Waals surface area contributed by atoms with E-state index in [9.17, 15) is 22.4 Å². The first-order valence-corrected chi connectivity index (χ1v) is 9.81. The predicted molar refractivity (Wildman–Crippen MR) is 110 cm³/mol. The number of amides is 1. The molecule has 0 aromatic heterocycles.